The Hall–Kier alpha value is -1.49. The van der Waals surface area contributed by atoms with Crippen molar-refractivity contribution in [3.8, 4) is 0 Å². The van der Waals surface area contributed by atoms with E-state index < -0.39 is 11.9 Å². The predicted molar refractivity (Wildman–Crippen MR) is 80.6 cm³/mol. The number of hydrogen-bond donors (Lipinski definition) is 1. The van der Waals surface area contributed by atoms with E-state index in [2.05, 4.69) is 6.92 Å². The van der Waals surface area contributed by atoms with Gasteiger partial charge in [-0.3, -0.25) is 9.59 Å². The van der Waals surface area contributed by atoms with Crippen molar-refractivity contribution in [3.05, 3.63) is 29.8 Å². The van der Waals surface area contributed by atoms with Gasteiger partial charge in [-0.25, -0.2) is 0 Å². The smallest absolute Gasteiger partial charge is 0.255 e. The van der Waals surface area contributed by atoms with Crippen molar-refractivity contribution in [1.29, 1.82) is 0 Å². The predicted octanol–water partition coefficient (Wildman–Crippen LogP) is 2.13. The van der Waals surface area contributed by atoms with Crippen LogP contribution in [0, 0.1) is 5.92 Å². The average molecular weight is 292 g/mol. The van der Waals surface area contributed by atoms with Gasteiger partial charge in [0.05, 0.1) is 5.56 Å². The number of hydrogen-bond acceptors (Lipinski definition) is 3. The molecule has 0 radical (unpaired) electrons. The van der Waals surface area contributed by atoms with Gasteiger partial charge in [-0.15, -0.1) is 11.8 Å². The largest absolute Gasteiger partial charge is 0.368 e. The lowest BCUT2D eigenvalue weighted by molar-refractivity contribution is -0.124. The van der Waals surface area contributed by atoms with Crippen molar-refractivity contribution in [2.75, 3.05) is 12.8 Å². The van der Waals surface area contributed by atoms with Crippen molar-refractivity contribution < 1.29 is 9.59 Å². The fourth-order valence-corrected chi connectivity index (χ4v) is 3.22. The van der Waals surface area contributed by atoms with E-state index in [0.29, 0.717) is 24.4 Å². The number of thioether (sulfide) groups is 1. The van der Waals surface area contributed by atoms with E-state index in [1.807, 2.05) is 30.5 Å². The third kappa shape index (κ3) is 2.98. The molecule has 1 fully saturated rings. The second-order valence-electron chi connectivity index (χ2n) is 5.25. The lowest BCUT2D eigenvalue weighted by Gasteiger charge is -2.37. The molecule has 1 aromatic rings. The first-order valence-electron chi connectivity index (χ1n) is 6.78. The number of likely N-dealkylation sites (tertiary alicyclic amines) is 1. The molecule has 0 saturated carbocycles. The van der Waals surface area contributed by atoms with Crippen LogP contribution < -0.4 is 5.73 Å². The van der Waals surface area contributed by atoms with Gasteiger partial charge in [-0.05, 0) is 37.1 Å². The lowest BCUT2D eigenvalue weighted by atomic mass is 9.91. The molecule has 0 spiro atoms. The van der Waals surface area contributed by atoms with Crippen LogP contribution in [-0.2, 0) is 4.79 Å². The summed E-state index contributed by atoms with van der Waals surface area (Å²) in [5, 5.41) is 0. The minimum absolute atomic E-state index is 0.0920. The zero-order chi connectivity index (χ0) is 14.7. The van der Waals surface area contributed by atoms with Gasteiger partial charge in [0.2, 0.25) is 5.91 Å². The molecule has 2 amide bonds. The molecule has 108 valence electrons. The standard InChI is InChI=1S/C15H20N2O2S/c1-10-7-8-17(12(9-10)14(16)18)15(19)11-5-3-4-6-13(11)20-2/h3-6,10,12H,7-9H2,1-2H3,(H2,16,18). The van der Waals surface area contributed by atoms with Crippen molar-refractivity contribution >= 4 is 23.6 Å². The Morgan fingerprint density at radius 1 is 1.35 bits per heavy atom. The van der Waals surface area contributed by atoms with Crippen molar-refractivity contribution in [1.82, 2.24) is 4.90 Å². The molecule has 0 aromatic heterocycles. The maximum atomic E-state index is 12.7. The number of benzene rings is 1. The van der Waals surface area contributed by atoms with Gasteiger partial charge in [0.1, 0.15) is 6.04 Å². The van der Waals surface area contributed by atoms with Gasteiger partial charge in [-0.1, -0.05) is 19.1 Å². The van der Waals surface area contributed by atoms with Crippen molar-refractivity contribution in [2.24, 2.45) is 11.7 Å². The van der Waals surface area contributed by atoms with E-state index in [0.717, 1.165) is 11.3 Å². The highest BCUT2D eigenvalue weighted by Gasteiger charge is 2.34. The monoisotopic (exact) mass is 292 g/mol. The van der Waals surface area contributed by atoms with E-state index in [4.69, 9.17) is 5.73 Å². The molecule has 0 aliphatic carbocycles. The molecule has 1 heterocycles. The van der Waals surface area contributed by atoms with Gasteiger partial charge in [0.15, 0.2) is 0 Å². The molecule has 0 bridgehead atoms. The fraction of sp³-hybridized carbons (Fsp3) is 0.467. The third-order valence-electron chi connectivity index (χ3n) is 3.79. The Morgan fingerprint density at radius 2 is 2.05 bits per heavy atom. The molecular weight excluding hydrogens is 272 g/mol. The van der Waals surface area contributed by atoms with Crippen LogP contribution in [0.25, 0.3) is 0 Å². The number of carbonyl (C=O) groups is 2. The summed E-state index contributed by atoms with van der Waals surface area (Å²) >= 11 is 1.53. The first-order chi connectivity index (χ1) is 9.54. The van der Waals surface area contributed by atoms with Gasteiger partial charge >= 0.3 is 0 Å². The van der Waals surface area contributed by atoms with Crippen LogP contribution in [-0.4, -0.2) is 35.6 Å². The lowest BCUT2D eigenvalue weighted by Crippen LogP contribution is -2.52. The molecule has 1 aromatic carbocycles. The highest BCUT2D eigenvalue weighted by Crippen LogP contribution is 2.27. The first kappa shape index (κ1) is 14.9. The molecular formula is C15H20N2O2S. The Labute approximate surface area is 123 Å². The first-order valence-corrected chi connectivity index (χ1v) is 8.00. The summed E-state index contributed by atoms with van der Waals surface area (Å²) in [6, 6.07) is 7.00. The molecule has 2 N–H and O–H groups in total. The zero-order valence-corrected chi connectivity index (χ0v) is 12.7. The number of primary amides is 1. The minimum atomic E-state index is -0.485. The summed E-state index contributed by atoms with van der Waals surface area (Å²) in [7, 11) is 0. The van der Waals surface area contributed by atoms with Crippen LogP contribution in [0.2, 0.25) is 0 Å². The maximum Gasteiger partial charge on any atom is 0.255 e. The Balaban J connectivity index is 2.29. The molecule has 2 unspecified atom stereocenters. The van der Waals surface area contributed by atoms with E-state index in [9.17, 15) is 9.59 Å². The second-order valence-corrected chi connectivity index (χ2v) is 6.09. The Morgan fingerprint density at radius 3 is 2.70 bits per heavy atom. The Kier molecular flexibility index (Phi) is 4.70. The highest BCUT2D eigenvalue weighted by molar-refractivity contribution is 7.98. The topological polar surface area (TPSA) is 63.4 Å². The normalized spacial score (nSPS) is 22.6. The molecule has 20 heavy (non-hydrogen) atoms. The van der Waals surface area contributed by atoms with Crippen LogP contribution in [0.15, 0.2) is 29.2 Å². The minimum Gasteiger partial charge on any atom is -0.368 e. The number of nitrogens with zero attached hydrogens (tertiary/aromatic N) is 1. The maximum absolute atomic E-state index is 12.7. The number of amides is 2. The summed E-state index contributed by atoms with van der Waals surface area (Å²) in [6.07, 6.45) is 3.51. The summed E-state index contributed by atoms with van der Waals surface area (Å²) in [5.74, 6) is -0.0791. The second kappa shape index (κ2) is 6.31. The van der Waals surface area contributed by atoms with Crippen molar-refractivity contribution in [3.63, 3.8) is 0 Å². The molecule has 4 nitrogen and oxygen atoms in total. The van der Waals surface area contributed by atoms with Crippen LogP contribution in [0.3, 0.4) is 0 Å². The molecule has 1 aliphatic rings. The van der Waals surface area contributed by atoms with E-state index >= 15 is 0 Å². The molecule has 5 heteroatoms. The number of nitrogens with two attached hydrogens (primary N) is 1. The number of rotatable bonds is 3. The molecule has 1 aliphatic heterocycles. The van der Waals surface area contributed by atoms with Gasteiger partial charge in [0.25, 0.3) is 5.91 Å². The highest BCUT2D eigenvalue weighted by atomic mass is 32.2. The number of carbonyl (C=O) groups excluding carboxylic acids is 2. The zero-order valence-electron chi connectivity index (χ0n) is 11.8. The van der Waals surface area contributed by atoms with Crippen LogP contribution >= 0.6 is 11.8 Å². The average Bonchev–Trinajstić information content (AvgIpc) is 2.46. The van der Waals surface area contributed by atoms with E-state index in [1.54, 1.807) is 4.90 Å². The summed E-state index contributed by atoms with van der Waals surface area (Å²) in [6.45, 7) is 2.68. The molecule has 2 atom stereocenters. The van der Waals surface area contributed by atoms with E-state index in [-0.39, 0.29) is 5.91 Å². The fourth-order valence-electron chi connectivity index (χ4n) is 2.63. The van der Waals surface area contributed by atoms with Crippen molar-refractivity contribution in [2.45, 2.75) is 30.7 Å². The summed E-state index contributed by atoms with van der Waals surface area (Å²) in [5.41, 5.74) is 6.12. The quantitative estimate of drug-likeness (QED) is 0.868. The van der Waals surface area contributed by atoms with Gasteiger partial charge < -0.3 is 10.6 Å². The molecule has 2 rings (SSSR count). The van der Waals surface area contributed by atoms with Crippen LogP contribution in [0.4, 0.5) is 0 Å². The van der Waals surface area contributed by atoms with Crippen LogP contribution in [0.5, 0.6) is 0 Å². The van der Waals surface area contributed by atoms with Gasteiger partial charge in [0, 0.05) is 11.4 Å². The Bertz CT molecular complexity index is 518. The number of piperidine rings is 1. The van der Waals surface area contributed by atoms with Crippen LogP contribution in [0.1, 0.15) is 30.1 Å². The third-order valence-corrected chi connectivity index (χ3v) is 4.59. The van der Waals surface area contributed by atoms with E-state index in [1.165, 1.54) is 11.8 Å². The summed E-state index contributed by atoms with van der Waals surface area (Å²) in [4.78, 5) is 26.9. The SMILES string of the molecule is CSc1ccccc1C(=O)N1CCC(C)CC1C(N)=O. The van der Waals surface area contributed by atoms with Gasteiger partial charge in [-0.2, -0.15) is 0 Å². The summed E-state index contributed by atoms with van der Waals surface area (Å²) < 4.78 is 0. The molecule has 1 saturated heterocycles.